The van der Waals surface area contributed by atoms with Gasteiger partial charge < -0.3 is 19.5 Å². The maximum Gasteiger partial charge on any atom is 0.341 e. The predicted molar refractivity (Wildman–Crippen MR) is 109 cm³/mol. The van der Waals surface area contributed by atoms with Crippen LogP contribution in [0.15, 0.2) is 18.2 Å². The van der Waals surface area contributed by atoms with Crippen LogP contribution in [0.4, 0.5) is 5.69 Å². The predicted octanol–water partition coefficient (Wildman–Crippen LogP) is 4.57. The second kappa shape index (κ2) is 9.92. The summed E-state index contributed by atoms with van der Waals surface area (Å²) in [4.78, 5) is 25.4. The zero-order chi connectivity index (χ0) is 20.7. The maximum absolute atomic E-state index is 13.0. The summed E-state index contributed by atoms with van der Waals surface area (Å²) in [5, 5.41) is 2.92. The molecule has 2 rings (SSSR count). The number of hydrogen-bond donors (Lipinski definition) is 1. The standard InChI is InChI=1S/C22H33NO5/c1-6-16(4)28-19-9-8-17(14-18(19)20(24)27-7-2)23-21(25)22(26-5)12-10-15(3)11-13-22/h8-9,14-16H,6-7,10-13H2,1-5H3,(H,23,25)/t15?,16-,22?/m1/s1. The minimum absolute atomic E-state index is 0.0328. The molecule has 0 saturated heterocycles. The van der Waals surface area contributed by atoms with Crippen molar-refractivity contribution in [2.45, 2.75) is 71.5 Å². The van der Waals surface area contributed by atoms with Crippen LogP contribution < -0.4 is 10.1 Å². The molecule has 1 aromatic rings. The van der Waals surface area contributed by atoms with Crippen molar-refractivity contribution in [1.82, 2.24) is 0 Å². The molecule has 1 N–H and O–H groups in total. The van der Waals surface area contributed by atoms with E-state index in [0.717, 1.165) is 19.3 Å². The Kier molecular flexibility index (Phi) is 7.87. The number of esters is 1. The normalized spacial score (nSPS) is 23.0. The van der Waals surface area contributed by atoms with Crippen LogP contribution >= 0.6 is 0 Å². The Morgan fingerprint density at radius 1 is 1.25 bits per heavy atom. The molecular weight excluding hydrogens is 358 g/mol. The molecule has 0 spiro atoms. The third-order valence-corrected chi connectivity index (χ3v) is 5.52. The summed E-state index contributed by atoms with van der Waals surface area (Å²) in [7, 11) is 1.59. The van der Waals surface area contributed by atoms with Crippen LogP contribution in [0.2, 0.25) is 0 Å². The molecular formula is C22H33NO5. The van der Waals surface area contributed by atoms with Crippen molar-refractivity contribution >= 4 is 17.6 Å². The van der Waals surface area contributed by atoms with Gasteiger partial charge in [-0.2, -0.15) is 0 Å². The third kappa shape index (κ3) is 5.25. The number of carbonyl (C=O) groups excluding carboxylic acids is 2. The van der Waals surface area contributed by atoms with Gasteiger partial charge in [-0.05, 0) is 70.1 Å². The van der Waals surface area contributed by atoms with Gasteiger partial charge in [0, 0.05) is 12.8 Å². The number of methoxy groups -OCH3 is 1. The van der Waals surface area contributed by atoms with Crippen LogP contribution in [0.1, 0.15) is 70.2 Å². The molecule has 156 valence electrons. The first-order chi connectivity index (χ1) is 13.3. The first-order valence-electron chi connectivity index (χ1n) is 10.2. The summed E-state index contributed by atoms with van der Waals surface area (Å²) in [5.74, 6) is 0.416. The van der Waals surface area contributed by atoms with Gasteiger partial charge in [0.1, 0.15) is 16.9 Å². The molecule has 0 aromatic heterocycles. The molecule has 1 saturated carbocycles. The molecule has 1 aromatic carbocycles. The lowest BCUT2D eigenvalue weighted by atomic mass is 9.79. The quantitative estimate of drug-likeness (QED) is 0.657. The van der Waals surface area contributed by atoms with Crippen LogP contribution in [0.3, 0.4) is 0 Å². The van der Waals surface area contributed by atoms with E-state index in [9.17, 15) is 9.59 Å². The smallest absolute Gasteiger partial charge is 0.341 e. The monoisotopic (exact) mass is 391 g/mol. The van der Waals surface area contributed by atoms with E-state index in [0.29, 0.717) is 35.8 Å². The summed E-state index contributed by atoms with van der Waals surface area (Å²) < 4.78 is 16.6. The first kappa shape index (κ1) is 22.2. The Balaban J connectivity index is 2.24. The second-order valence-electron chi connectivity index (χ2n) is 7.60. The van der Waals surface area contributed by atoms with Gasteiger partial charge >= 0.3 is 5.97 Å². The van der Waals surface area contributed by atoms with E-state index in [2.05, 4.69) is 12.2 Å². The van der Waals surface area contributed by atoms with E-state index in [-0.39, 0.29) is 18.6 Å². The van der Waals surface area contributed by atoms with E-state index in [4.69, 9.17) is 14.2 Å². The largest absolute Gasteiger partial charge is 0.490 e. The minimum atomic E-state index is -0.817. The minimum Gasteiger partial charge on any atom is -0.490 e. The van der Waals surface area contributed by atoms with Crippen molar-refractivity contribution in [1.29, 1.82) is 0 Å². The van der Waals surface area contributed by atoms with Crippen molar-refractivity contribution in [2.24, 2.45) is 5.92 Å². The molecule has 0 heterocycles. The molecule has 6 nitrogen and oxygen atoms in total. The highest BCUT2D eigenvalue weighted by Gasteiger charge is 2.41. The number of benzene rings is 1. The molecule has 0 unspecified atom stereocenters. The van der Waals surface area contributed by atoms with Gasteiger partial charge in [0.2, 0.25) is 0 Å². The SMILES string of the molecule is CCOC(=O)c1cc(NC(=O)C2(OC)CCC(C)CC2)ccc1O[C@H](C)CC. The number of rotatable bonds is 8. The number of amides is 1. The first-order valence-corrected chi connectivity index (χ1v) is 10.2. The molecule has 1 amide bonds. The lowest BCUT2D eigenvalue weighted by Gasteiger charge is -2.36. The van der Waals surface area contributed by atoms with Gasteiger partial charge in [0.05, 0.1) is 12.7 Å². The third-order valence-electron chi connectivity index (χ3n) is 5.52. The summed E-state index contributed by atoms with van der Waals surface area (Å²) >= 11 is 0. The Morgan fingerprint density at radius 3 is 2.50 bits per heavy atom. The Morgan fingerprint density at radius 2 is 1.93 bits per heavy atom. The average molecular weight is 392 g/mol. The number of hydrogen-bond acceptors (Lipinski definition) is 5. The van der Waals surface area contributed by atoms with Crippen molar-refractivity contribution in [3.8, 4) is 5.75 Å². The highest BCUT2D eigenvalue weighted by Crippen LogP contribution is 2.35. The van der Waals surface area contributed by atoms with E-state index in [1.807, 2.05) is 13.8 Å². The zero-order valence-electron chi connectivity index (χ0n) is 17.7. The lowest BCUT2D eigenvalue weighted by molar-refractivity contribution is -0.142. The number of ether oxygens (including phenoxy) is 3. The lowest BCUT2D eigenvalue weighted by Crippen LogP contribution is -2.47. The highest BCUT2D eigenvalue weighted by atomic mass is 16.5. The molecule has 1 fully saturated rings. The Labute approximate surface area is 167 Å². The summed E-state index contributed by atoms with van der Waals surface area (Å²) in [5.41, 5.74) is 0.0194. The topological polar surface area (TPSA) is 73.9 Å². The fourth-order valence-electron chi connectivity index (χ4n) is 3.38. The Bertz CT molecular complexity index is 680. The highest BCUT2D eigenvalue weighted by molar-refractivity contribution is 5.99. The van der Waals surface area contributed by atoms with Gasteiger partial charge in [-0.3, -0.25) is 4.79 Å². The van der Waals surface area contributed by atoms with Gasteiger partial charge in [-0.25, -0.2) is 4.79 Å². The average Bonchev–Trinajstić information content (AvgIpc) is 2.69. The fourth-order valence-corrected chi connectivity index (χ4v) is 3.38. The maximum atomic E-state index is 13.0. The van der Waals surface area contributed by atoms with E-state index in [1.165, 1.54) is 0 Å². The van der Waals surface area contributed by atoms with Crippen LogP contribution in [-0.2, 0) is 14.3 Å². The van der Waals surface area contributed by atoms with Gasteiger partial charge in [-0.15, -0.1) is 0 Å². The van der Waals surface area contributed by atoms with Crippen LogP contribution in [0.25, 0.3) is 0 Å². The van der Waals surface area contributed by atoms with E-state index >= 15 is 0 Å². The van der Waals surface area contributed by atoms with Crippen LogP contribution in [0.5, 0.6) is 5.75 Å². The van der Waals surface area contributed by atoms with Gasteiger partial charge in [0.25, 0.3) is 5.91 Å². The summed E-state index contributed by atoms with van der Waals surface area (Å²) in [6.07, 6.45) is 4.07. The molecule has 1 atom stereocenters. The number of anilines is 1. The molecule has 1 aliphatic rings. The van der Waals surface area contributed by atoms with Crippen molar-refractivity contribution in [3.05, 3.63) is 23.8 Å². The molecule has 28 heavy (non-hydrogen) atoms. The fraction of sp³-hybridized carbons (Fsp3) is 0.636. The van der Waals surface area contributed by atoms with Crippen LogP contribution in [0, 0.1) is 5.92 Å². The van der Waals surface area contributed by atoms with Crippen molar-refractivity contribution in [3.63, 3.8) is 0 Å². The number of carbonyl (C=O) groups is 2. The summed E-state index contributed by atoms with van der Waals surface area (Å²) in [6, 6.07) is 5.06. The second-order valence-corrected chi connectivity index (χ2v) is 7.60. The van der Waals surface area contributed by atoms with Gasteiger partial charge in [-0.1, -0.05) is 13.8 Å². The van der Waals surface area contributed by atoms with Gasteiger partial charge in [0.15, 0.2) is 0 Å². The van der Waals surface area contributed by atoms with E-state index < -0.39 is 11.6 Å². The van der Waals surface area contributed by atoms with Crippen LogP contribution in [-0.4, -0.2) is 37.3 Å². The number of nitrogens with one attached hydrogen (secondary N) is 1. The Hall–Kier alpha value is -2.08. The molecule has 0 aliphatic heterocycles. The molecule has 0 radical (unpaired) electrons. The molecule has 6 heteroatoms. The van der Waals surface area contributed by atoms with Crippen molar-refractivity contribution < 1.29 is 23.8 Å². The molecule has 0 bridgehead atoms. The van der Waals surface area contributed by atoms with Crippen molar-refractivity contribution in [2.75, 3.05) is 19.0 Å². The molecule has 1 aliphatic carbocycles. The zero-order valence-corrected chi connectivity index (χ0v) is 17.7. The summed E-state index contributed by atoms with van der Waals surface area (Å²) in [6.45, 7) is 8.17. The van der Waals surface area contributed by atoms with E-state index in [1.54, 1.807) is 32.2 Å².